The van der Waals surface area contributed by atoms with Gasteiger partial charge in [0.25, 0.3) is 0 Å². The van der Waals surface area contributed by atoms with E-state index < -0.39 is 0 Å². The van der Waals surface area contributed by atoms with Gasteiger partial charge in [-0.25, -0.2) is 0 Å². The third-order valence-corrected chi connectivity index (χ3v) is 6.95. The number of thiophene rings is 1. The second-order valence-electron chi connectivity index (χ2n) is 7.66. The number of hydrogen-bond donors (Lipinski definition) is 2. The van der Waals surface area contributed by atoms with Crippen molar-refractivity contribution in [2.24, 2.45) is 10.4 Å². The molecule has 1 amide bonds. The lowest BCUT2D eigenvalue weighted by Gasteiger charge is -2.30. The standard InChI is InChI=1S/C20H32N4O2S.HI/c1-21-19(23-15-20(9-11-26-2)7-3-4-8-20)22-13-18(25)24-10-5-17-16(14-24)6-12-27-17;/h6,12H,3-5,7-11,13-15H2,1-2H3,(H2,21,22,23);1H. The quantitative estimate of drug-likeness (QED) is 0.330. The lowest BCUT2D eigenvalue weighted by Crippen LogP contribution is -2.47. The summed E-state index contributed by atoms with van der Waals surface area (Å²) in [6.45, 7) is 3.49. The molecule has 1 saturated carbocycles. The van der Waals surface area contributed by atoms with E-state index in [9.17, 15) is 4.79 Å². The summed E-state index contributed by atoms with van der Waals surface area (Å²) in [5.74, 6) is 0.838. The van der Waals surface area contributed by atoms with Crippen LogP contribution in [0.15, 0.2) is 16.4 Å². The van der Waals surface area contributed by atoms with Crippen LogP contribution in [0.4, 0.5) is 0 Å². The summed E-state index contributed by atoms with van der Waals surface area (Å²) in [5, 5.41) is 8.76. The first kappa shape index (κ1) is 23.4. The number of fused-ring (bicyclic) bond motifs is 1. The van der Waals surface area contributed by atoms with Crippen molar-refractivity contribution in [3.8, 4) is 0 Å². The molecule has 1 aromatic heterocycles. The number of guanidine groups is 1. The van der Waals surface area contributed by atoms with E-state index in [4.69, 9.17) is 4.74 Å². The molecule has 2 aliphatic rings. The smallest absolute Gasteiger partial charge is 0.242 e. The minimum absolute atomic E-state index is 0. The second-order valence-corrected chi connectivity index (χ2v) is 8.66. The molecule has 1 aromatic rings. The number of rotatable bonds is 7. The van der Waals surface area contributed by atoms with Crippen LogP contribution in [-0.2, 0) is 22.5 Å². The Balaban J connectivity index is 0.00000280. The Labute approximate surface area is 189 Å². The van der Waals surface area contributed by atoms with E-state index in [2.05, 4.69) is 27.1 Å². The van der Waals surface area contributed by atoms with Gasteiger partial charge in [-0.15, -0.1) is 35.3 Å². The first-order chi connectivity index (χ1) is 13.2. The number of ether oxygens (including phenoxy) is 1. The average molecular weight is 520 g/mol. The van der Waals surface area contributed by atoms with Crippen molar-refractivity contribution in [3.63, 3.8) is 0 Å². The van der Waals surface area contributed by atoms with E-state index in [-0.39, 0.29) is 36.4 Å². The maximum absolute atomic E-state index is 12.6. The molecule has 0 radical (unpaired) electrons. The van der Waals surface area contributed by atoms with Gasteiger partial charge in [0.05, 0.1) is 6.54 Å². The fourth-order valence-electron chi connectivity index (χ4n) is 4.18. The molecule has 3 rings (SSSR count). The van der Waals surface area contributed by atoms with Gasteiger partial charge in [0.1, 0.15) is 0 Å². The summed E-state index contributed by atoms with van der Waals surface area (Å²) >= 11 is 1.79. The number of carbonyl (C=O) groups is 1. The van der Waals surface area contributed by atoms with Crippen LogP contribution < -0.4 is 10.6 Å². The van der Waals surface area contributed by atoms with Crippen molar-refractivity contribution in [3.05, 3.63) is 21.9 Å². The molecule has 158 valence electrons. The number of carbonyl (C=O) groups excluding carboxylic acids is 1. The third-order valence-electron chi connectivity index (χ3n) is 5.92. The van der Waals surface area contributed by atoms with Gasteiger partial charge in [-0.3, -0.25) is 9.79 Å². The van der Waals surface area contributed by atoms with Crippen molar-refractivity contribution in [2.75, 3.05) is 40.4 Å². The molecule has 8 heteroatoms. The van der Waals surface area contributed by atoms with Crippen LogP contribution in [0.2, 0.25) is 0 Å². The largest absolute Gasteiger partial charge is 0.385 e. The number of nitrogens with zero attached hydrogens (tertiary/aromatic N) is 2. The van der Waals surface area contributed by atoms with Crippen LogP contribution in [0.1, 0.15) is 42.5 Å². The van der Waals surface area contributed by atoms with Crippen LogP contribution in [0.25, 0.3) is 0 Å². The molecule has 2 N–H and O–H groups in total. The van der Waals surface area contributed by atoms with Crippen molar-refractivity contribution >= 4 is 47.2 Å². The predicted octanol–water partition coefficient (Wildman–Crippen LogP) is 3.01. The second kappa shape index (κ2) is 11.3. The Morgan fingerprint density at radius 1 is 1.36 bits per heavy atom. The molecule has 0 spiro atoms. The van der Waals surface area contributed by atoms with Gasteiger partial charge in [-0.1, -0.05) is 12.8 Å². The molecule has 2 heterocycles. The van der Waals surface area contributed by atoms with Crippen LogP contribution in [-0.4, -0.2) is 57.2 Å². The Morgan fingerprint density at radius 3 is 2.86 bits per heavy atom. The molecule has 1 aliphatic carbocycles. The van der Waals surface area contributed by atoms with Crippen molar-refractivity contribution < 1.29 is 9.53 Å². The maximum atomic E-state index is 12.6. The molecule has 0 bridgehead atoms. The van der Waals surface area contributed by atoms with E-state index in [0.717, 1.165) is 39.1 Å². The van der Waals surface area contributed by atoms with Gasteiger partial charge in [-0.05, 0) is 48.1 Å². The highest BCUT2D eigenvalue weighted by atomic mass is 127. The first-order valence-corrected chi connectivity index (χ1v) is 10.8. The predicted molar refractivity (Wildman–Crippen MR) is 126 cm³/mol. The highest BCUT2D eigenvalue weighted by molar-refractivity contribution is 14.0. The number of amides is 1. The van der Waals surface area contributed by atoms with Crippen LogP contribution in [0.5, 0.6) is 0 Å². The maximum Gasteiger partial charge on any atom is 0.242 e. The Kier molecular flexibility index (Phi) is 9.49. The van der Waals surface area contributed by atoms with Gasteiger partial charge in [0.2, 0.25) is 5.91 Å². The lowest BCUT2D eigenvalue weighted by atomic mass is 9.83. The van der Waals surface area contributed by atoms with Crippen LogP contribution in [0, 0.1) is 5.41 Å². The number of hydrogen-bond acceptors (Lipinski definition) is 4. The third kappa shape index (κ3) is 6.06. The minimum atomic E-state index is 0. The highest BCUT2D eigenvalue weighted by Crippen LogP contribution is 2.40. The number of nitrogens with one attached hydrogen (secondary N) is 2. The summed E-state index contributed by atoms with van der Waals surface area (Å²) in [4.78, 5) is 20.2. The Hall–Kier alpha value is -0.870. The normalized spacial score (nSPS) is 18.4. The van der Waals surface area contributed by atoms with Crippen molar-refractivity contribution in [2.45, 2.75) is 45.1 Å². The number of methoxy groups -OCH3 is 1. The first-order valence-electron chi connectivity index (χ1n) is 9.92. The number of aliphatic imine (C=N–C) groups is 1. The fraction of sp³-hybridized carbons (Fsp3) is 0.700. The zero-order valence-electron chi connectivity index (χ0n) is 17.0. The lowest BCUT2D eigenvalue weighted by molar-refractivity contribution is -0.130. The van der Waals surface area contributed by atoms with Gasteiger partial charge >= 0.3 is 0 Å². The van der Waals surface area contributed by atoms with Gasteiger partial charge < -0.3 is 20.3 Å². The summed E-state index contributed by atoms with van der Waals surface area (Å²) in [7, 11) is 3.52. The summed E-state index contributed by atoms with van der Waals surface area (Å²) in [6, 6.07) is 2.13. The summed E-state index contributed by atoms with van der Waals surface area (Å²) in [5.41, 5.74) is 1.59. The molecule has 28 heavy (non-hydrogen) atoms. The van der Waals surface area contributed by atoms with E-state index in [0.29, 0.717) is 11.4 Å². The van der Waals surface area contributed by atoms with Crippen molar-refractivity contribution in [1.82, 2.24) is 15.5 Å². The molecular formula is C20H33IN4O2S. The molecule has 0 unspecified atom stereocenters. The molecule has 0 saturated heterocycles. The molecular weight excluding hydrogens is 487 g/mol. The van der Waals surface area contributed by atoms with E-state index >= 15 is 0 Å². The monoisotopic (exact) mass is 520 g/mol. The van der Waals surface area contributed by atoms with Crippen LogP contribution in [0.3, 0.4) is 0 Å². The average Bonchev–Trinajstić information content (AvgIpc) is 3.35. The highest BCUT2D eigenvalue weighted by Gasteiger charge is 2.33. The summed E-state index contributed by atoms with van der Waals surface area (Å²) < 4.78 is 5.30. The molecule has 1 fully saturated rings. The topological polar surface area (TPSA) is 66.0 Å². The van der Waals surface area contributed by atoms with E-state index in [1.54, 1.807) is 25.5 Å². The van der Waals surface area contributed by atoms with Crippen LogP contribution >= 0.6 is 35.3 Å². The molecule has 1 aliphatic heterocycles. The fourth-order valence-corrected chi connectivity index (χ4v) is 5.07. The van der Waals surface area contributed by atoms with Crippen molar-refractivity contribution in [1.29, 1.82) is 0 Å². The zero-order chi connectivity index (χ0) is 19.1. The van der Waals surface area contributed by atoms with Gasteiger partial charge in [0.15, 0.2) is 5.96 Å². The molecule has 0 aromatic carbocycles. The zero-order valence-corrected chi connectivity index (χ0v) is 20.1. The van der Waals surface area contributed by atoms with E-state index in [1.807, 2.05) is 4.90 Å². The van der Waals surface area contributed by atoms with E-state index in [1.165, 1.54) is 36.1 Å². The minimum Gasteiger partial charge on any atom is -0.385 e. The Bertz CT molecular complexity index is 658. The Morgan fingerprint density at radius 2 is 2.14 bits per heavy atom. The van der Waals surface area contributed by atoms with Gasteiger partial charge in [-0.2, -0.15) is 0 Å². The SMILES string of the molecule is CN=C(NCC(=O)N1CCc2sccc2C1)NCC1(CCOC)CCCC1.I. The summed E-state index contributed by atoms with van der Waals surface area (Å²) in [6.07, 6.45) is 7.08. The molecule has 6 nitrogen and oxygen atoms in total. The van der Waals surface area contributed by atoms with Gasteiger partial charge in [0, 0.05) is 45.3 Å². The molecule has 0 atom stereocenters. The number of halogens is 1.